The highest BCUT2D eigenvalue weighted by Gasteiger charge is 2.24. The van der Waals surface area contributed by atoms with Crippen LogP contribution in [0.2, 0.25) is 0 Å². The van der Waals surface area contributed by atoms with Crippen LogP contribution in [0, 0.1) is 0 Å². The van der Waals surface area contributed by atoms with Crippen LogP contribution in [0.5, 0.6) is 0 Å². The van der Waals surface area contributed by atoms with Crippen molar-refractivity contribution in [3.63, 3.8) is 0 Å². The van der Waals surface area contributed by atoms with Crippen LogP contribution in [0.15, 0.2) is 41.8 Å². The molecule has 0 fully saturated rings. The van der Waals surface area contributed by atoms with Crippen molar-refractivity contribution < 1.29 is 4.79 Å². The molecular weight excluding hydrogens is 390 g/mol. The van der Waals surface area contributed by atoms with Crippen molar-refractivity contribution in [2.75, 3.05) is 10.7 Å². The molecule has 3 aromatic rings. The number of anilines is 1. The number of hydrogen-bond donors (Lipinski definition) is 0. The van der Waals surface area contributed by atoms with Crippen LogP contribution in [-0.2, 0) is 30.7 Å². The van der Waals surface area contributed by atoms with Crippen molar-refractivity contribution in [2.24, 2.45) is 0 Å². The molecule has 0 atom stereocenters. The Labute approximate surface area is 173 Å². The molecule has 1 aromatic carbocycles. The first-order valence-electron chi connectivity index (χ1n) is 9.58. The summed E-state index contributed by atoms with van der Waals surface area (Å²) in [6.07, 6.45) is 6.20. The van der Waals surface area contributed by atoms with E-state index in [1.54, 1.807) is 17.7 Å². The fourth-order valence-corrected chi connectivity index (χ4v) is 5.28. The van der Waals surface area contributed by atoms with Gasteiger partial charge in [-0.15, -0.1) is 21.5 Å². The van der Waals surface area contributed by atoms with E-state index in [0.717, 1.165) is 35.2 Å². The summed E-state index contributed by atoms with van der Waals surface area (Å²) in [7, 11) is 0. The molecule has 0 aliphatic heterocycles. The van der Waals surface area contributed by atoms with Gasteiger partial charge in [-0.3, -0.25) is 9.69 Å². The maximum absolute atomic E-state index is 13.2. The van der Waals surface area contributed by atoms with Crippen molar-refractivity contribution in [2.45, 2.75) is 50.9 Å². The SMILES string of the molecule is CCn1cnnc1SCC(=O)N(Cc1ccccc1)c1nc2c(s1)CCCC2. The molecule has 4 rings (SSSR count). The van der Waals surface area contributed by atoms with Gasteiger partial charge in [0.1, 0.15) is 6.33 Å². The third kappa shape index (κ3) is 4.28. The zero-order valence-electron chi connectivity index (χ0n) is 15.9. The lowest BCUT2D eigenvalue weighted by atomic mass is 10.0. The summed E-state index contributed by atoms with van der Waals surface area (Å²) < 4.78 is 1.95. The van der Waals surface area contributed by atoms with Gasteiger partial charge in [-0.25, -0.2) is 4.98 Å². The van der Waals surface area contributed by atoms with E-state index in [1.165, 1.54) is 35.2 Å². The molecule has 146 valence electrons. The number of carbonyl (C=O) groups excluding carboxylic acids is 1. The second kappa shape index (κ2) is 8.87. The summed E-state index contributed by atoms with van der Waals surface area (Å²) in [5.41, 5.74) is 2.28. The summed E-state index contributed by atoms with van der Waals surface area (Å²) in [5.74, 6) is 0.362. The second-order valence-corrected chi connectivity index (χ2v) is 8.73. The normalized spacial score (nSPS) is 13.3. The second-order valence-electron chi connectivity index (χ2n) is 6.73. The molecule has 2 heterocycles. The van der Waals surface area contributed by atoms with Crippen molar-refractivity contribution in [1.82, 2.24) is 19.7 Å². The number of fused-ring (bicyclic) bond motifs is 1. The summed E-state index contributed by atoms with van der Waals surface area (Å²) in [4.78, 5) is 21.2. The van der Waals surface area contributed by atoms with E-state index in [-0.39, 0.29) is 5.91 Å². The zero-order valence-corrected chi connectivity index (χ0v) is 17.5. The Kier molecular flexibility index (Phi) is 6.07. The first-order chi connectivity index (χ1) is 13.7. The molecule has 0 bridgehead atoms. The number of nitrogens with zero attached hydrogens (tertiary/aromatic N) is 5. The molecule has 0 saturated heterocycles. The zero-order chi connectivity index (χ0) is 19.3. The average Bonchev–Trinajstić information content (AvgIpc) is 3.37. The molecule has 28 heavy (non-hydrogen) atoms. The number of aromatic nitrogens is 4. The smallest absolute Gasteiger partial charge is 0.239 e. The molecule has 8 heteroatoms. The van der Waals surface area contributed by atoms with Crippen LogP contribution in [-0.4, -0.2) is 31.4 Å². The number of rotatable bonds is 7. The van der Waals surface area contributed by atoms with Crippen molar-refractivity contribution in [3.05, 3.63) is 52.8 Å². The van der Waals surface area contributed by atoms with Gasteiger partial charge in [0.25, 0.3) is 0 Å². The van der Waals surface area contributed by atoms with Gasteiger partial charge in [-0.05, 0) is 38.2 Å². The minimum Gasteiger partial charge on any atom is -0.309 e. The van der Waals surface area contributed by atoms with E-state index >= 15 is 0 Å². The number of aryl methyl sites for hydroxylation is 3. The first kappa shape index (κ1) is 19.1. The topological polar surface area (TPSA) is 63.9 Å². The van der Waals surface area contributed by atoms with Crippen LogP contribution in [0.4, 0.5) is 5.13 Å². The minimum absolute atomic E-state index is 0.0469. The van der Waals surface area contributed by atoms with Crippen molar-refractivity contribution in [1.29, 1.82) is 0 Å². The Bertz CT molecular complexity index is 914. The number of thiazole rings is 1. The largest absolute Gasteiger partial charge is 0.309 e. The maximum Gasteiger partial charge on any atom is 0.239 e. The number of hydrogen-bond acceptors (Lipinski definition) is 6. The standard InChI is InChI=1S/C20H23N5OS2/c1-2-24-14-21-23-20(24)27-13-18(26)25(12-15-8-4-3-5-9-15)19-22-16-10-6-7-11-17(16)28-19/h3-5,8-9,14H,2,6-7,10-13H2,1H3. The van der Waals surface area contributed by atoms with Crippen LogP contribution in [0.3, 0.4) is 0 Å². The molecule has 2 aromatic heterocycles. The van der Waals surface area contributed by atoms with Gasteiger partial charge in [-0.1, -0.05) is 42.1 Å². The highest BCUT2D eigenvalue weighted by molar-refractivity contribution is 7.99. The molecule has 6 nitrogen and oxygen atoms in total. The Balaban J connectivity index is 1.55. The lowest BCUT2D eigenvalue weighted by Gasteiger charge is -2.20. The fraction of sp³-hybridized carbons (Fsp3) is 0.400. The Morgan fingerprint density at radius 3 is 2.86 bits per heavy atom. The lowest BCUT2D eigenvalue weighted by Crippen LogP contribution is -2.32. The number of amides is 1. The molecule has 0 spiro atoms. The lowest BCUT2D eigenvalue weighted by molar-refractivity contribution is -0.116. The molecule has 0 radical (unpaired) electrons. The van der Waals surface area contributed by atoms with Crippen LogP contribution in [0.1, 0.15) is 35.9 Å². The van der Waals surface area contributed by atoms with Gasteiger partial charge in [0.05, 0.1) is 18.0 Å². The van der Waals surface area contributed by atoms with Gasteiger partial charge in [-0.2, -0.15) is 0 Å². The summed E-state index contributed by atoms with van der Waals surface area (Å²) >= 11 is 3.10. The van der Waals surface area contributed by atoms with E-state index in [4.69, 9.17) is 4.98 Å². The highest BCUT2D eigenvalue weighted by atomic mass is 32.2. The molecule has 1 amide bonds. The molecule has 1 aliphatic carbocycles. The van der Waals surface area contributed by atoms with Gasteiger partial charge in [0, 0.05) is 11.4 Å². The van der Waals surface area contributed by atoms with E-state index < -0.39 is 0 Å². The van der Waals surface area contributed by atoms with Gasteiger partial charge >= 0.3 is 0 Å². The Hall–Kier alpha value is -2.19. The third-order valence-corrected chi connectivity index (χ3v) is 6.94. The van der Waals surface area contributed by atoms with Crippen molar-refractivity contribution in [3.8, 4) is 0 Å². The third-order valence-electron chi connectivity index (χ3n) is 4.80. The minimum atomic E-state index is 0.0469. The number of carbonyl (C=O) groups is 1. The summed E-state index contributed by atoms with van der Waals surface area (Å²) in [6.45, 7) is 3.36. The Morgan fingerprint density at radius 1 is 1.25 bits per heavy atom. The number of thioether (sulfide) groups is 1. The predicted octanol–water partition coefficient (Wildman–Crippen LogP) is 3.96. The van der Waals surface area contributed by atoms with Gasteiger partial charge in [0.2, 0.25) is 5.91 Å². The average molecular weight is 414 g/mol. The van der Waals surface area contributed by atoms with Gasteiger partial charge in [0.15, 0.2) is 10.3 Å². The van der Waals surface area contributed by atoms with Crippen LogP contribution < -0.4 is 4.90 Å². The van der Waals surface area contributed by atoms with Crippen molar-refractivity contribution >= 4 is 34.1 Å². The quantitative estimate of drug-likeness (QED) is 0.549. The van der Waals surface area contributed by atoms with E-state index in [2.05, 4.69) is 22.3 Å². The number of benzene rings is 1. The van der Waals surface area contributed by atoms with E-state index in [1.807, 2.05) is 34.6 Å². The summed E-state index contributed by atoms with van der Waals surface area (Å²) in [6, 6.07) is 10.1. The molecule has 1 aliphatic rings. The monoisotopic (exact) mass is 413 g/mol. The van der Waals surface area contributed by atoms with E-state index in [0.29, 0.717) is 12.3 Å². The molecule has 0 saturated carbocycles. The van der Waals surface area contributed by atoms with Crippen LogP contribution >= 0.6 is 23.1 Å². The van der Waals surface area contributed by atoms with E-state index in [9.17, 15) is 4.79 Å². The first-order valence-corrected chi connectivity index (χ1v) is 11.4. The predicted molar refractivity (Wildman–Crippen MR) is 113 cm³/mol. The molecule has 0 unspecified atom stereocenters. The molecule has 0 N–H and O–H groups in total. The summed E-state index contributed by atoms with van der Waals surface area (Å²) in [5, 5.41) is 9.65. The molecular formula is C20H23N5OS2. The Morgan fingerprint density at radius 2 is 2.07 bits per heavy atom. The van der Waals surface area contributed by atoms with Crippen LogP contribution in [0.25, 0.3) is 0 Å². The highest BCUT2D eigenvalue weighted by Crippen LogP contribution is 2.33. The van der Waals surface area contributed by atoms with Gasteiger partial charge < -0.3 is 4.57 Å². The maximum atomic E-state index is 13.2. The fourth-order valence-electron chi connectivity index (χ4n) is 3.26.